The van der Waals surface area contributed by atoms with Gasteiger partial charge in [0.25, 0.3) is 0 Å². The topological polar surface area (TPSA) is 51.0 Å². The third kappa shape index (κ3) is 2.73. The SMILES string of the molecule is CN(C)C(=O)CSc1nnc(-c2cccs2)n1C1CC1. The number of thiophene rings is 1. The van der Waals surface area contributed by atoms with Crippen LogP contribution in [0.5, 0.6) is 0 Å². The van der Waals surface area contributed by atoms with Crippen LogP contribution < -0.4 is 0 Å². The van der Waals surface area contributed by atoms with Crippen LogP contribution in [0.4, 0.5) is 0 Å². The summed E-state index contributed by atoms with van der Waals surface area (Å²) in [7, 11) is 3.54. The second kappa shape index (κ2) is 5.57. The molecular formula is C13H16N4OS2. The molecule has 1 aliphatic rings. The Hall–Kier alpha value is -1.34. The number of hydrogen-bond donors (Lipinski definition) is 0. The minimum atomic E-state index is 0.0954. The van der Waals surface area contributed by atoms with E-state index in [1.165, 1.54) is 24.6 Å². The summed E-state index contributed by atoms with van der Waals surface area (Å²) in [6.45, 7) is 0. The zero-order chi connectivity index (χ0) is 14.1. The summed E-state index contributed by atoms with van der Waals surface area (Å²) in [6, 6.07) is 4.58. The lowest BCUT2D eigenvalue weighted by atomic mass is 10.4. The third-order valence-electron chi connectivity index (χ3n) is 3.14. The second-order valence-electron chi connectivity index (χ2n) is 4.96. The van der Waals surface area contributed by atoms with E-state index in [9.17, 15) is 4.79 Å². The van der Waals surface area contributed by atoms with Crippen molar-refractivity contribution in [3.8, 4) is 10.7 Å². The van der Waals surface area contributed by atoms with Crippen molar-refractivity contribution in [2.75, 3.05) is 19.8 Å². The van der Waals surface area contributed by atoms with Crippen LogP contribution >= 0.6 is 23.1 Å². The van der Waals surface area contributed by atoms with Crippen LogP contribution in [0.3, 0.4) is 0 Å². The Kier molecular flexibility index (Phi) is 3.80. The van der Waals surface area contributed by atoms with Crippen molar-refractivity contribution in [3.63, 3.8) is 0 Å². The van der Waals surface area contributed by atoms with Crippen molar-refractivity contribution in [3.05, 3.63) is 17.5 Å². The zero-order valence-corrected chi connectivity index (χ0v) is 13.1. The molecule has 2 aromatic rings. The molecular weight excluding hydrogens is 292 g/mol. The Labute approximate surface area is 126 Å². The van der Waals surface area contributed by atoms with Crippen LogP contribution in [0.15, 0.2) is 22.7 Å². The highest BCUT2D eigenvalue weighted by molar-refractivity contribution is 7.99. The number of hydrogen-bond acceptors (Lipinski definition) is 5. The average molecular weight is 308 g/mol. The van der Waals surface area contributed by atoms with Crippen molar-refractivity contribution in [1.29, 1.82) is 0 Å². The van der Waals surface area contributed by atoms with Gasteiger partial charge in [-0.1, -0.05) is 17.8 Å². The number of thioether (sulfide) groups is 1. The average Bonchev–Trinajstić information content (AvgIpc) is 2.97. The van der Waals surface area contributed by atoms with E-state index in [1.54, 1.807) is 30.3 Å². The summed E-state index contributed by atoms with van der Waals surface area (Å²) >= 11 is 3.14. The van der Waals surface area contributed by atoms with Gasteiger partial charge in [0.1, 0.15) is 0 Å². The molecule has 0 saturated heterocycles. The lowest BCUT2D eigenvalue weighted by molar-refractivity contribution is -0.125. The predicted octanol–water partition coefficient (Wildman–Crippen LogP) is 2.52. The van der Waals surface area contributed by atoms with E-state index in [2.05, 4.69) is 20.8 Å². The number of carbonyl (C=O) groups excluding carboxylic acids is 1. The smallest absolute Gasteiger partial charge is 0.232 e. The number of nitrogens with zero attached hydrogens (tertiary/aromatic N) is 4. The van der Waals surface area contributed by atoms with Crippen LogP contribution in [0, 0.1) is 0 Å². The second-order valence-corrected chi connectivity index (χ2v) is 6.85. The van der Waals surface area contributed by atoms with Crippen LogP contribution in [0.25, 0.3) is 10.7 Å². The molecule has 1 aliphatic carbocycles. The number of aromatic nitrogens is 3. The molecule has 20 heavy (non-hydrogen) atoms. The summed E-state index contributed by atoms with van der Waals surface area (Å²) in [5.41, 5.74) is 0. The van der Waals surface area contributed by atoms with Crippen molar-refractivity contribution in [2.24, 2.45) is 0 Å². The standard InChI is InChI=1S/C13H16N4OS2/c1-16(2)11(18)8-20-13-15-14-12(10-4-3-7-19-10)17(13)9-5-6-9/h3-4,7,9H,5-6,8H2,1-2H3. The highest BCUT2D eigenvalue weighted by atomic mass is 32.2. The van der Waals surface area contributed by atoms with E-state index in [4.69, 9.17) is 0 Å². The molecule has 7 heteroatoms. The molecule has 0 aliphatic heterocycles. The number of amides is 1. The Balaban J connectivity index is 1.83. The van der Waals surface area contributed by atoms with Crippen molar-refractivity contribution in [1.82, 2.24) is 19.7 Å². The molecule has 106 valence electrons. The minimum Gasteiger partial charge on any atom is -0.348 e. The molecule has 2 heterocycles. The van der Waals surface area contributed by atoms with Gasteiger partial charge < -0.3 is 4.90 Å². The lowest BCUT2D eigenvalue weighted by Gasteiger charge is -2.10. The largest absolute Gasteiger partial charge is 0.348 e. The number of rotatable bonds is 5. The van der Waals surface area contributed by atoms with Gasteiger partial charge in [0.05, 0.1) is 10.6 Å². The summed E-state index contributed by atoms with van der Waals surface area (Å²) in [6.07, 6.45) is 2.34. The van der Waals surface area contributed by atoms with Crippen LogP contribution in [-0.4, -0.2) is 45.4 Å². The summed E-state index contributed by atoms with van der Waals surface area (Å²) in [5.74, 6) is 1.43. The molecule has 1 fully saturated rings. The van der Waals surface area contributed by atoms with E-state index in [0.717, 1.165) is 15.9 Å². The first-order valence-corrected chi connectivity index (χ1v) is 8.35. The van der Waals surface area contributed by atoms with Gasteiger partial charge >= 0.3 is 0 Å². The molecule has 0 aromatic carbocycles. The Bertz CT molecular complexity index is 602. The van der Waals surface area contributed by atoms with Gasteiger partial charge in [-0.25, -0.2) is 0 Å². The molecule has 1 saturated carbocycles. The molecule has 0 N–H and O–H groups in total. The minimum absolute atomic E-state index is 0.0954. The van der Waals surface area contributed by atoms with Gasteiger partial charge in [0, 0.05) is 20.1 Å². The van der Waals surface area contributed by atoms with E-state index < -0.39 is 0 Å². The molecule has 0 unspecified atom stereocenters. The van der Waals surface area contributed by atoms with Crippen LogP contribution in [0.2, 0.25) is 0 Å². The maximum Gasteiger partial charge on any atom is 0.232 e. The molecule has 0 spiro atoms. The maximum absolute atomic E-state index is 11.7. The maximum atomic E-state index is 11.7. The van der Waals surface area contributed by atoms with Gasteiger partial charge in [-0.3, -0.25) is 9.36 Å². The fraction of sp³-hybridized carbons (Fsp3) is 0.462. The third-order valence-corrected chi connectivity index (χ3v) is 4.94. The Morgan fingerprint density at radius 3 is 2.90 bits per heavy atom. The van der Waals surface area contributed by atoms with Gasteiger partial charge in [-0.2, -0.15) is 0 Å². The lowest BCUT2D eigenvalue weighted by Crippen LogP contribution is -2.23. The molecule has 5 nitrogen and oxygen atoms in total. The molecule has 2 aromatic heterocycles. The molecule has 3 rings (SSSR count). The van der Waals surface area contributed by atoms with Crippen LogP contribution in [0.1, 0.15) is 18.9 Å². The fourth-order valence-corrected chi connectivity index (χ4v) is 3.56. The highest BCUT2D eigenvalue weighted by Gasteiger charge is 2.30. The predicted molar refractivity (Wildman–Crippen MR) is 81.0 cm³/mol. The van der Waals surface area contributed by atoms with E-state index in [0.29, 0.717) is 11.8 Å². The van der Waals surface area contributed by atoms with Gasteiger partial charge in [-0.15, -0.1) is 21.5 Å². The van der Waals surface area contributed by atoms with Gasteiger partial charge in [-0.05, 0) is 24.3 Å². The highest BCUT2D eigenvalue weighted by Crippen LogP contribution is 2.41. The Morgan fingerprint density at radius 2 is 2.30 bits per heavy atom. The van der Waals surface area contributed by atoms with Crippen molar-refractivity contribution in [2.45, 2.75) is 24.0 Å². The van der Waals surface area contributed by atoms with Crippen LogP contribution in [-0.2, 0) is 4.79 Å². The summed E-state index contributed by atoms with van der Waals surface area (Å²) in [4.78, 5) is 14.4. The first-order chi connectivity index (χ1) is 9.66. The summed E-state index contributed by atoms with van der Waals surface area (Å²) < 4.78 is 2.19. The molecule has 1 amide bonds. The Morgan fingerprint density at radius 1 is 1.50 bits per heavy atom. The van der Waals surface area contributed by atoms with Gasteiger partial charge in [0.15, 0.2) is 11.0 Å². The normalized spacial score (nSPS) is 14.5. The van der Waals surface area contributed by atoms with Crippen molar-refractivity contribution < 1.29 is 4.79 Å². The molecule has 0 bridgehead atoms. The fourth-order valence-electron chi connectivity index (χ4n) is 1.87. The first kappa shape index (κ1) is 13.6. The molecule has 0 radical (unpaired) electrons. The number of carbonyl (C=O) groups is 1. The van der Waals surface area contributed by atoms with E-state index >= 15 is 0 Å². The molecule has 0 atom stereocenters. The van der Waals surface area contributed by atoms with Crippen molar-refractivity contribution >= 4 is 29.0 Å². The van der Waals surface area contributed by atoms with E-state index in [1.807, 2.05) is 11.4 Å². The monoisotopic (exact) mass is 308 g/mol. The van der Waals surface area contributed by atoms with E-state index in [-0.39, 0.29) is 5.91 Å². The summed E-state index contributed by atoms with van der Waals surface area (Å²) in [5, 5.41) is 11.5. The van der Waals surface area contributed by atoms with Gasteiger partial charge in [0.2, 0.25) is 5.91 Å². The quantitative estimate of drug-likeness (QED) is 0.797. The first-order valence-electron chi connectivity index (χ1n) is 6.48. The zero-order valence-electron chi connectivity index (χ0n) is 11.4.